The number of esters is 1. The Labute approximate surface area is 148 Å². The molecule has 0 aliphatic carbocycles. The molecule has 25 heavy (non-hydrogen) atoms. The number of ketones is 1. The van der Waals surface area contributed by atoms with Crippen LogP contribution in [0.25, 0.3) is 0 Å². The molecule has 1 unspecified atom stereocenters. The number of likely N-dealkylation sites (tertiary alicyclic amines) is 1. The minimum absolute atomic E-state index is 0.0693. The van der Waals surface area contributed by atoms with E-state index in [0.717, 1.165) is 0 Å². The predicted molar refractivity (Wildman–Crippen MR) is 89.8 cm³/mol. The Kier molecular flexibility index (Phi) is 6.96. The number of Topliss-reactive ketones (excluding diaryl/α,β-unsaturated/α-hetero) is 1. The quantitative estimate of drug-likeness (QED) is 0.568. The van der Waals surface area contributed by atoms with Crippen LogP contribution in [0.15, 0.2) is 0 Å². The maximum atomic E-state index is 12.2. The molecule has 1 N–H and O–H groups in total. The molecule has 0 radical (unpaired) electrons. The highest BCUT2D eigenvalue weighted by atomic mass is 16.6. The van der Waals surface area contributed by atoms with E-state index < -0.39 is 35.4 Å². The van der Waals surface area contributed by atoms with E-state index in [9.17, 15) is 19.2 Å². The zero-order valence-electron chi connectivity index (χ0n) is 15.6. The Morgan fingerprint density at radius 1 is 1.20 bits per heavy atom. The Balaban J connectivity index is 2.65. The van der Waals surface area contributed by atoms with Crippen LogP contribution in [0.4, 0.5) is 4.79 Å². The van der Waals surface area contributed by atoms with Crippen LogP contribution >= 0.6 is 0 Å². The minimum atomic E-state index is -0.860. The number of amides is 2. The lowest BCUT2D eigenvalue weighted by Crippen LogP contribution is -2.45. The van der Waals surface area contributed by atoms with Crippen LogP contribution in [-0.2, 0) is 23.9 Å². The molecule has 2 amide bonds. The first-order chi connectivity index (χ1) is 11.5. The summed E-state index contributed by atoms with van der Waals surface area (Å²) in [5, 5.41) is 2.60. The molecule has 1 aliphatic rings. The monoisotopic (exact) mass is 356 g/mol. The van der Waals surface area contributed by atoms with Crippen molar-refractivity contribution in [1.82, 2.24) is 10.2 Å². The van der Waals surface area contributed by atoms with Crippen LogP contribution in [0.1, 0.15) is 47.5 Å². The summed E-state index contributed by atoms with van der Waals surface area (Å²) in [6, 6.07) is 0. The molecule has 1 aliphatic heterocycles. The summed E-state index contributed by atoms with van der Waals surface area (Å²) in [5.74, 6) is -1.23. The van der Waals surface area contributed by atoms with Crippen molar-refractivity contribution in [3.05, 3.63) is 0 Å². The zero-order valence-corrected chi connectivity index (χ0v) is 15.6. The van der Waals surface area contributed by atoms with E-state index in [1.165, 1.54) is 11.8 Å². The van der Waals surface area contributed by atoms with Gasteiger partial charge in [0, 0.05) is 19.6 Å². The summed E-state index contributed by atoms with van der Waals surface area (Å²) in [6.07, 6.45) is -0.438. The summed E-state index contributed by atoms with van der Waals surface area (Å²) < 4.78 is 10.0. The van der Waals surface area contributed by atoms with Crippen molar-refractivity contribution < 1.29 is 28.7 Å². The van der Waals surface area contributed by atoms with Gasteiger partial charge in [-0.05, 0) is 41.0 Å². The molecule has 0 aromatic rings. The van der Waals surface area contributed by atoms with Gasteiger partial charge in [0.05, 0.1) is 12.0 Å². The molecule has 1 atom stereocenters. The normalized spacial score (nSPS) is 20.1. The fourth-order valence-corrected chi connectivity index (χ4v) is 2.58. The number of carbonyl (C=O) groups excluding carboxylic acids is 4. The maximum Gasteiger partial charge on any atom is 0.410 e. The molecule has 8 nitrogen and oxygen atoms in total. The number of hydrogen-bond acceptors (Lipinski definition) is 6. The largest absolute Gasteiger partial charge is 0.466 e. The van der Waals surface area contributed by atoms with E-state index in [1.807, 2.05) is 0 Å². The second-order valence-corrected chi connectivity index (χ2v) is 7.25. The lowest BCUT2D eigenvalue weighted by molar-refractivity contribution is -0.146. The van der Waals surface area contributed by atoms with Crippen molar-refractivity contribution in [2.24, 2.45) is 5.41 Å². The van der Waals surface area contributed by atoms with Crippen LogP contribution in [0.3, 0.4) is 0 Å². The fourth-order valence-electron chi connectivity index (χ4n) is 2.58. The van der Waals surface area contributed by atoms with E-state index in [4.69, 9.17) is 9.47 Å². The third-order valence-electron chi connectivity index (χ3n) is 3.99. The Hall–Kier alpha value is -2.12. The summed E-state index contributed by atoms with van der Waals surface area (Å²) >= 11 is 0. The summed E-state index contributed by atoms with van der Waals surface area (Å²) in [5.41, 5.74) is -1.48. The molecular weight excluding hydrogens is 328 g/mol. The topological polar surface area (TPSA) is 102 Å². The lowest BCUT2D eigenvalue weighted by atomic mass is 9.83. The third-order valence-corrected chi connectivity index (χ3v) is 3.99. The molecule has 8 heteroatoms. The maximum absolute atomic E-state index is 12.2. The van der Waals surface area contributed by atoms with Crippen molar-refractivity contribution in [3.8, 4) is 0 Å². The van der Waals surface area contributed by atoms with Crippen LogP contribution in [0.5, 0.6) is 0 Å². The van der Waals surface area contributed by atoms with E-state index >= 15 is 0 Å². The molecule has 0 aromatic heterocycles. The molecule has 0 bridgehead atoms. The number of nitrogens with zero attached hydrogens (tertiary/aromatic N) is 1. The molecule has 0 spiro atoms. The SMILES string of the molecule is CCOC(=O)CC(=O)NCC1(C(C)=O)CCN(C(=O)OC(C)(C)C)C1. The van der Waals surface area contributed by atoms with E-state index in [1.54, 1.807) is 27.7 Å². The summed E-state index contributed by atoms with van der Waals surface area (Å²) in [6.45, 7) is 9.24. The second-order valence-electron chi connectivity index (χ2n) is 7.25. The van der Waals surface area contributed by atoms with Gasteiger partial charge in [-0.2, -0.15) is 0 Å². The Morgan fingerprint density at radius 2 is 1.84 bits per heavy atom. The predicted octanol–water partition coefficient (Wildman–Crippen LogP) is 1.27. The van der Waals surface area contributed by atoms with Crippen LogP contribution in [0, 0.1) is 5.41 Å². The van der Waals surface area contributed by atoms with Crippen molar-refractivity contribution in [1.29, 1.82) is 0 Å². The molecule has 1 fully saturated rings. The summed E-state index contributed by atoms with van der Waals surface area (Å²) in [4.78, 5) is 48.9. The first kappa shape index (κ1) is 20.9. The van der Waals surface area contributed by atoms with Crippen LogP contribution in [0.2, 0.25) is 0 Å². The first-order valence-electron chi connectivity index (χ1n) is 8.40. The van der Waals surface area contributed by atoms with Gasteiger partial charge in [-0.3, -0.25) is 14.4 Å². The second kappa shape index (κ2) is 8.31. The molecular formula is C17H28N2O6. The minimum Gasteiger partial charge on any atom is -0.466 e. The Bertz CT molecular complexity index is 540. The zero-order chi connectivity index (χ0) is 19.3. The highest BCUT2D eigenvalue weighted by Gasteiger charge is 2.45. The smallest absolute Gasteiger partial charge is 0.410 e. The Morgan fingerprint density at radius 3 is 2.36 bits per heavy atom. The summed E-state index contributed by atoms with van der Waals surface area (Å²) in [7, 11) is 0. The highest BCUT2D eigenvalue weighted by molar-refractivity contribution is 5.94. The van der Waals surface area contributed by atoms with Crippen molar-refractivity contribution in [3.63, 3.8) is 0 Å². The van der Waals surface area contributed by atoms with E-state index in [0.29, 0.717) is 13.0 Å². The number of carbonyl (C=O) groups is 4. The van der Waals surface area contributed by atoms with Gasteiger partial charge in [0.1, 0.15) is 17.8 Å². The molecule has 1 heterocycles. The third kappa shape index (κ3) is 6.36. The average Bonchev–Trinajstić information content (AvgIpc) is 2.89. The molecule has 0 saturated carbocycles. The first-order valence-corrected chi connectivity index (χ1v) is 8.40. The van der Waals surface area contributed by atoms with Crippen LogP contribution < -0.4 is 5.32 Å². The van der Waals surface area contributed by atoms with E-state index in [-0.39, 0.29) is 25.5 Å². The lowest BCUT2D eigenvalue weighted by Gasteiger charge is -2.28. The van der Waals surface area contributed by atoms with Gasteiger partial charge >= 0.3 is 12.1 Å². The number of nitrogens with one attached hydrogen (secondary N) is 1. The van der Waals surface area contributed by atoms with E-state index in [2.05, 4.69) is 5.32 Å². The molecule has 142 valence electrons. The van der Waals surface area contributed by atoms with Gasteiger partial charge in [-0.15, -0.1) is 0 Å². The van der Waals surface area contributed by atoms with Crippen molar-refractivity contribution >= 4 is 23.8 Å². The molecule has 1 saturated heterocycles. The van der Waals surface area contributed by atoms with Crippen molar-refractivity contribution in [2.75, 3.05) is 26.2 Å². The number of rotatable bonds is 6. The standard InChI is InChI=1S/C17H28N2O6/c1-6-24-14(22)9-13(21)18-10-17(12(2)20)7-8-19(11-17)15(23)25-16(3,4)5/h6-11H2,1-5H3,(H,18,21). The van der Waals surface area contributed by atoms with Gasteiger partial charge in [0.15, 0.2) is 0 Å². The van der Waals surface area contributed by atoms with Gasteiger partial charge in [-0.1, -0.05) is 0 Å². The van der Waals surface area contributed by atoms with Gasteiger partial charge in [0.25, 0.3) is 0 Å². The number of ether oxygens (including phenoxy) is 2. The van der Waals surface area contributed by atoms with Crippen LogP contribution in [-0.4, -0.2) is 60.5 Å². The average molecular weight is 356 g/mol. The van der Waals surface area contributed by atoms with Gasteiger partial charge < -0.3 is 19.7 Å². The highest BCUT2D eigenvalue weighted by Crippen LogP contribution is 2.32. The fraction of sp³-hybridized carbons (Fsp3) is 0.765. The van der Waals surface area contributed by atoms with Gasteiger partial charge in [0.2, 0.25) is 5.91 Å². The molecule has 1 rings (SSSR count). The number of hydrogen-bond donors (Lipinski definition) is 1. The van der Waals surface area contributed by atoms with Gasteiger partial charge in [-0.25, -0.2) is 4.79 Å². The molecule has 0 aromatic carbocycles. The van der Waals surface area contributed by atoms with Crippen molar-refractivity contribution in [2.45, 2.75) is 53.1 Å².